The minimum Gasteiger partial charge on any atom is -0.387 e. The van der Waals surface area contributed by atoms with Crippen LogP contribution < -0.4 is 10.6 Å². The molecule has 2 amide bonds. The second kappa shape index (κ2) is 7.98. The van der Waals surface area contributed by atoms with Crippen LogP contribution in [0.1, 0.15) is 11.7 Å². The van der Waals surface area contributed by atoms with Crippen LogP contribution >= 0.6 is 23.1 Å². The summed E-state index contributed by atoms with van der Waals surface area (Å²) in [5.74, 6) is -1.53. The number of hydrogen-bond donors (Lipinski definition) is 3. The summed E-state index contributed by atoms with van der Waals surface area (Å²) in [6, 6.07) is 8.99. The number of thioether (sulfide) groups is 1. The number of aliphatic hydroxyl groups excluding tert-OH is 1. The maximum Gasteiger partial charge on any atom is 0.313 e. The molecule has 0 aliphatic rings. The average molecular weight is 336 g/mol. The summed E-state index contributed by atoms with van der Waals surface area (Å²) in [5, 5.41) is 18.4. The number of carbonyl (C=O) groups excluding carboxylic acids is 2. The molecule has 0 radical (unpaired) electrons. The molecule has 0 spiro atoms. The number of nitrogens with one attached hydrogen (secondary N) is 2. The summed E-state index contributed by atoms with van der Waals surface area (Å²) in [4.78, 5) is 24.5. The van der Waals surface area contributed by atoms with Gasteiger partial charge in [-0.1, -0.05) is 6.07 Å². The Morgan fingerprint density at radius 2 is 2.14 bits per heavy atom. The number of benzene rings is 1. The number of aliphatic hydroxyl groups is 1. The average Bonchev–Trinajstić information content (AvgIpc) is 3.06. The molecule has 1 heterocycles. The van der Waals surface area contributed by atoms with Crippen LogP contribution in [0.25, 0.3) is 0 Å². The molecule has 0 aliphatic carbocycles. The second-order valence-corrected chi connectivity index (χ2v) is 6.13. The SMILES string of the molecule is CSc1cccc(NC(=O)C(=O)NCC(O)c2ccsc2)c1. The third-order valence-corrected chi connectivity index (χ3v) is 4.34. The third kappa shape index (κ3) is 4.59. The van der Waals surface area contributed by atoms with Crippen LogP contribution in [0.3, 0.4) is 0 Å². The highest BCUT2D eigenvalue weighted by molar-refractivity contribution is 7.98. The van der Waals surface area contributed by atoms with E-state index in [0.29, 0.717) is 5.69 Å². The van der Waals surface area contributed by atoms with Crippen LogP contribution in [0.2, 0.25) is 0 Å². The first-order valence-corrected chi connectivity index (χ1v) is 8.70. The van der Waals surface area contributed by atoms with E-state index in [1.807, 2.05) is 17.7 Å². The minimum absolute atomic E-state index is 0.00611. The van der Waals surface area contributed by atoms with E-state index in [1.165, 1.54) is 11.3 Å². The van der Waals surface area contributed by atoms with E-state index < -0.39 is 17.9 Å². The van der Waals surface area contributed by atoms with E-state index >= 15 is 0 Å². The fourth-order valence-corrected chi connectivity index (χ4v) is 2.91. The zero-order valence-electron chi connectivity index (χ0n) is 11.9. The smallest absolute Gasteiger partial charge is 0.313 e. The number of anilines is 1. The summed E-state index contributed by atoms with van der Waals surface area (Å²) in [6.45, 7) is -0.00611. The molecule has 1 aromatic heterocycles. The van der Waals surface area contributed by atoms with Crippen molar-refractivity contribution >= 4 is 40.6 Å². The van der Waals surface area contributed by atoms with Gasteiger partial charge in [0.1, 0.15) is 0 Å². The molecule has 1 aromatic carbocycles. The van der Waals surface area contributed by atoms with E-state index in [2.05, 4.69) is 10.6 Å². The first kappa shape index (κ1) is 16.5. The molecule has 0 saturated heterocycles. The van der Waals surface area contributed by atoms with Gasteiger partial charge in [0.2, 0.25) is 0 Å². The number of carbonyl (C=O) groups is 2. The van der Waals surface area contributed by atoms with E-state index in [1.54, 1.807) is 41.4 Å². The van der Waals surface area contributed by atoms with Crippen molar-refractivity contribution in [3.05, 3.63) is 46.7 Å². The van der Waals surface area contributed by atoms with E-state index in [4.69, 9.17) is 0 Å². The van der Waals surface area contributed by atoms with Crippen LogP contribution in [-0.4, -0.2) is 29.7 Å². The van der Waals surface area contributed by atoms with Crippen molar-refractivity contribution in [1.82, 2.24) is 5.32 Å². The van der Waals surface area contributed by atoms with Gasteiger partial charge in [0.15, 0.2) is 0 Å². The first-order chi connectivity index (χ1) is 10.6. The van der Waals surface area contributed by atoms with Gasteiger partial charge in [0.05, 0.1) is 6.10 Å². The molecular weight excluding hydrogens is 320 g/mol. The monoisotopic (exact) mass is 336 g/mol. The second-order valence-electron chi connectivity index (χ2n) is 4.47. The molecule has 1 unspecified atom stereocenters. The number of rotatable bonds is 5. The Kier molecular flexibility index (Phi) is 6.00. The molecule has 3 N–H and O–H groups in total. The predicted octanol–water partition coefficient (Wildman–Crippen LogP) is 2.26. The number of thiophene rings is 1. The Morgan fingerprint density at radius 1 is 1.32 bits per heavy atom. The minimum atomic E-state index is -0.817. The van der Waals surface area contributed by atoms with Crippen LogP contribution in [0.15, 0.2) is 46.0 Å². The fraction of sp³-hybridized carbons (Fsp3) is 0.200. The van der Waals surface area contributed by atoms with Crippen molar-refractivity contribution < 1.29 is 14.7 Å². The number of hydrogen-bond acceptors (Lipinski definition) is 5. The van der Waals surface area contributed by atoms with Gasteiger partial charge in [-0.3, -0.25) is 9.59 Å². The lowest BCUT2D eigenvalue weighted by Gasteiger charge is -2.11. The topological polar surface area (TPSA) is 78.4 Å². The Morgan fingerprint density at radius 3 is 2.82 bits per heavy atom. The quantitative estimate of drug-likeness (QED) is 0.578. The first-order valence-electron chi connectivity index (χ1n) is 6.53. The molecule has 7 heteroatoms. The van der Waals surface area contributed by atoms with E-state index in [0.717, 1.165) is 10.5 Å². The number of amides is 2. The molecular formula is C15H16N2O3S2. The molecule has 0 bridgehead atoms. The van der Waals surface area contributed by atoms with Crippen LogP contribution in [-0.2, 0) is 9.59 Å². The van der Waals surface area contributed by atoms with Gasteiger partial charge >= 0.3 is 11.8 Å². The van der Waals surface area contributed by atoms with Crippen molar-refractivity contribution in [1.29, 1.82) is 0 Å². The highest BCUT2D eigenvalue weighted by Gasteiger charge is 2.16. The maximum atomic E-state index is 11.8. The van der Waals surface area contributed by atoms with Gasteiger partial charge in [-0.15, -0.1) is 11.8 Å². The molecule has 5 nitrogen and oxygen atoms in total. The highest BCUT2D eigenvalue weighted by atomic mass is 32.2. The standard InChI is InChI=1S/C15H16N2O3S2/c1-21-12-4-2-3-11(7-12)17-15(20)14(19)16-8-13(18)10-5-6-22-9-10/h2-7,9,13,18H,8H2,1H3,(H,16,19)(H,17,20). The van der Waals surface area contributed by atoms with Gasteiger partial charge in [-0.05, 0) is 46.8 Å². The van der Waals surface area contributed by atoms with Gasteiger partial charge in [-0.2, -0.15) is 11.3 Å². The molecule has 116 valence electrons. The Hall–Kier alpha value is -1.83. The summed E-state index contributed by atoms with van der Waals surface area (Å²) >= 11 is 3.01. The predicted molar refractivity (Wildman–Crippen MR) is 89.1 cm³/mol. The summed E-state index contributed by atoms with van der Waals surface area (Å²) < 4.78 is 0. The van der Waals surface area contributed by atoms with Gasteiger partial charge in [0, 0.05) is 17.1 Å². The van der Waals surface area contributed by atoms with Crippen LogP contribution in [0, 0.1) is 0 Å². The summed E-state index contributed by atoms with van der Waals surface area (Å²) in [5.41, 5.74) is 1.28. The molecule has 1 atom stereocenters. The Balaban J connectivity index is 1.85. The summed E-state index contributed by atoms with van der Waals surface area (Å²) in [6.07, 6.45) is 1.11. The molecule has 0 fully saturated rings. The van der Waals surface area contributed by atoms with Crippen molar-refractivity contribution in [2.24, 2.45) is 0 Å². The molecule has 2 aromatic rings. The molecule has 0 aliphatic heterocycles. The molecule has 2 rings (SSSR count). The normalized spacial score (nSPS) is 11.7. The zero-order valence-corrected chi connectivity index (χ0v) is 13.5. The molecule has 0 saturated carbocycles. The van der Waals surface area contributed by atoms with Gasteiger partial charge < -0.3 is 15.7 Å². The van der Waals surface area contributed by atoms with Crippen molar-refractivity contribution in [2.45, 2.75) is 11.0 Å². The lowest BCUT2D eigenvalue weighted by Crippen LogP contribution is -2.37. The van der Waals surface area contributed by atoms with E-state index in [9.17, 15) is 14.7 Å². The van der Waals surface area contributed by atoms with Crippen molar-refractivity contribution in [2.75, 3.05) is 18.1 Å². The fourth-order valence-electron chi connectivity index (χ4n) is 1.74. The van der Waals surface area contributed by atoms with E-state index in [-0.39, 0.29) is 6.54 Å². The molecule has 22 heavy (non-hydrogen) atoms. The van der Waals surface area contributed by atoms with Crippen LogP contribution in [0.4, 0.5) is 5.69 Å². The van der Waals surface area contributed by atoms with Gasteiger partial charge in [0.25, 0.3) is 0 Å². The van der Waals surface area contributed by atoms with Crippen molar-refractivity contribution in [3.8, 4) is 0 Å². The van der Waals surface area contributed by atoms with Gasteiger partial charge in [-0.25, -0.2) is 0 Å². The van der Waals surface area contributed by atoms with Crippen LogP contribution in [0.5, 0.6) is 0 Å². The van der Waals surface area contributed by atoms with Crippen molar-refractivity contribution in [3.63, 3.8) is 0 Å². The lowest BCUT2D eigenvalue weighted by atomic mass is 10.2. The Labute approximate surface area is 136 Å². The maximum absolute atomic E-state index is 11.8. The largest absolute Gasteiger partial charge is 0.387 e. The lowest BCUT2D eigenvalue weighted by molar-refractivity contribution is -0.136. The third-order valence-electron chi connectivity index (χ3n) is 2.92. The Bertz CT molecular complexity index is 644. The highest BCUT2D eigenvalue weighted by Crippen LogP contribution is 2.19. The summed E-state index contributed by atoms with van der Waals surface area (Å²) in [7, 11) is 0. The zero-order chi connectivity index (χ0) is 15.9.